The first-order valence-corrected chi connectivity index (χ1v) is 11.5. The van der Waals surface area contributed by atoms with Crippen LogP contribution in [-0.4, -0.2) is 46.0 Å². The van der Waals surface area contributed by atoms with E-state index in [0.29, 0.717) is 19.0 Å². The summed E-state index contributed by atoms with van der Waals surface area (Å²) >= 11 is 0. The van der Waals surface area contributed by atoms with Gasteiger partial charge in [0.25, 0.3) is 0 Å². The summed E-state index contributed by atoms with van der Waals surface area (Å²) < 4.78 is 2.19. The summed E-state index contributed by atoms with van der Waals surface area (Å²) in [5.41, 5.74) is 1.84. The van der Waals surface area contributed by atoms with E-state index in [2.05, 4.69) is 41.4 Å². The maximum absolute atomic E-state index is 13.1. The van der Waals surface area contributed by atoms with Crippen molar-refractivity contribution >= 4 is 24.0 Å². The Hall–Kier alpha value is -2.04. The van der Waals surface area contributed by atoms with Crippen LogP contribution in [0.3, 0.4) is 0 Å². The molecule has 1 aliphatic heterocycles. The van der Waals surface area contributed by atoms with Gasteiger partial charge >= 0.3 is 0 Å². The SMILES string of the molecule is C=Cc1nc(N2CCC(C)CC2)n(CCC(=O)N(CC)C2CCCCC2)c1C=C. The average molecular weight is 399 g/mol. The van der Waals surface area contributed by atoms with Crippen molar-refractivity contribution in [1.29, 1.82) is 0 Å². The number of amides is 1. The first kappa shape index (κ1) is 21.7. The lowest BCUT2D eigenvalue weighted by Crippen LogP contribution is -2.41. The third kappa shape index (κ3) is 4.93. The molecule has 0 spiro atoms. The molecule has 2 heterocycles. The number of imidazole rings is 1. The third-order valence-corrected chi connectivity index (χ3v) is 6.69. The molecule has 0 unspecified atom stereocenters. The van der Waals surface area contributed by atoms with Gasteiger partial charge in [0, 0.05) is 38.6 Å². The summed E-state index contributed by atoms with van der Waals surface area (Å²) in [6.45, 7) is 15.8. The Labute approximate surface area is 176 Å². The molecule has 5 heteroatoms. The van der Waals surface area contributed by atoms with E-state index in [9.17, 15) is 4.79 Å². The Kier molecular flexibility index (Phi) is 7.57. The van der Waals surface area contributed by atoms with Crippen molar-refractivity contribution in [2.24, 2.45) is 5.92 Å². The van der Waals surface area contributed by atoms with E-state index in [-0.39, 0.29) is 5.91 Å². The molecule has 5 nitrogen and oxygen atoms in total. The first-order chi connectivity index (χ1) is 14.1. The number of carbonyl (C=O) groups is 1. The molecule has 0 radical (unpaired) electrons. The standard InChI is InChI=1S/C24H38N4O/c1-5-21-22(6-2)28(24(25-21)26-16-13-19(4)14-17-26)18-15-23(29)27(7-3)20-11-9-8-10-12-20/h5-6,19-20H,1-2,7-18H2,3-4H3. The summed E-state index contributed by atoms with van der Waals surface area (Å²) in [4.78, 5) is 22.4. The van der Waals surface area contributed by atoms with E-state index < -0.39 is 0 Å². The Morgan fingerprint density at radius 3 is 2.41 bits per heavy atom. The van der Waals surface area contributed by atoms with E-state index in [4.69, 9.17) is 4.98 Å². The molecule has 2 fully saturated rings. The maximum atomic E-state index is 13.1. The predicted octanol–water partition coefficient (Wildman–Crippen LogP) is 4.98. The number of rotatable bonds is 8. The molecule has 1 amide bonds. The molecular weight excluding hydrogens is 360 g/mol. The topological polar surface area (TPSA) is 41.4 Å². The van der Waals surface area contributed by atoms with Crippen LogP contribution in [0.25, 0.3) is 12.2 Å². The van der Waals surface area contributed by atoms with Gasteiger partial charge in [0.1, 0.15) is 0 Å². The Balaban J connectivity index is 1.76. The third-order valence-electron chi connectivity index (χ3n) is 6.69. The summed E-state index contributed by atoms with van der Waals surface area (Å²) in [6.07, 6.45) is 12.6. The second-order valence-electron chi connectivity index (χ2n) is 8.63. The smallest absolute Gasteiger partial charge is 0.224 e. The number of aromatic nitrogens is 2. The highest BCUT2D eigenvalue weighted by atomic mass is 16.2. The van der Waals surface area contributed by atoms with E-state index in [0.717, 1.165) is 55.7 Å². The van der Waals surface area contributed by atoms with Gasteiger partial charge < -0.3 is 14.4 Å². The normalized spacial score (nSPS) is 18.6. The Morgan fingerprint density at radius 2 is 1.83 bits per heavy atom. The summed E-state index contributed by atoms with van der Waals surface area (Å²) in [5, 5.41) is 0. The predicted molar refractivity (Wildman–Crippen MR) is 122 cm³/mol. The molecule has 2 aliphatic rings. The number of hydrogen-bond acceptors (Lipinski definition) is 3. The molecule has 0 N–H and O–H groups in total. The van der Waals surface area contributed by atoms with Crippen molar-refractivity contribution in [2.75, 3.05) is 24.5 Å². The lowest BCUT2D eigenvalue weighted by molar-refractivity contribution is -0.134. The van der Waals surface area contributed by atoms with E-state index in [1.54, 1.807) is 6.08 Å². The quantitative estimate of drug-likeness (QED) is 0.620. The van der Waals surface area contributed by atoms with Crippen molar-refractivity contribution in [2.45, 2.75) is 77.8 Å². The number of nitrogens with zero attached hydrogens (tertiary/aromatic N) is 4. The summed E-state index contributed by atoms with van der Waals surface area (Å²) in [7, 11) is 0. The molecule has 0 atom stereocenters. The van der Waals surface area contributed by atoms with Gasteiger partial charge in [-0.15, -0.1) is 0 Å². The number of piperidine rings is 1. The van der Waals surface area contributed by atoms with Crippen LogP contribution in [-0.2, 0) is 11.3 Å². The number of carbonyl (C=O) groups excluding carboxylic acids is 1. The van der Waals surface area contributed by atoms with Crippen molar-refractivity contribution in [3.05, 3.63) is 24.5 Å². The molecule has 1 aromatic rings. The fourth-order valence-electron chi connectivity index (χ4n) is 4.89. The Morgan fingerprint density at radius 1 is 1.14 bits per heavy atom. The van der Waals surface area contributed by atoms with Crippen LogP contribution in [0.4, 0.5) is 5.95 Å². The van der Waals surface area contributed by atoms with Crippen molar-refractivity contribution in [1.82, 2.24) is 14.5 Å². The zero-order chi connectivity index (χ0) is 20.8. The fourth-order valence-corrected chi connectivity index (χ4v) is 4.89. The molecule has 1 saturated heterocycles. The minimum Gasteiger partial charge on any atom is -0.342 e. The number of hydrogen-bond donors (Lipinski definition) is 0. The van der Waals surface area contributed by atoms with Crippen LogP contribution < -0.4 is 4.90 Å². The molecule has 160 valence electrons. The molecular formula is C24H38N4O. The highest BCUT2D eigenvalue weighted by Crippen LogP contribution is 2.28. The van der Waals surface area contributed by atoms with Gasteiger partial charge in [-0.1, -0.05) is 39.3 Å². The van der Waals surface area contributed by atoms with Crippen molar-refractivity contribution in [3.63, 3.8) is 0 Å². The van der Waals surface area contributed by atoms with Crippen LogP contribution in [0.1, 0.15) is 76.6 Å². The lowest BCUT2D eigenvalue weighted by Gasteiger charge is -2.34. The largest absolute Gasteiger partial charge is 0.342 e. The minimum atomic E-state index is 0.265. The van der Waals surface area contributed by atoms with Gasteiger partial charge in [-0.05, 0) is 50.7 Å². The molecule has 1 saturated carbocycles. The van der Waals surface area contributed by atoms with Gasteiger partial charge in [-0.2, -0.15) is 0 Å². The van der Waals surface area contributed by atoms with Crippen LogP contribution >= 0.6 is 0 Å². The molecule has 0 aromatic carbocycles. The van der Waals surface area contributed by atoms with Crippen molar-refractivity contribution < 1.29 is 4.79 Å². The van der Waals surface area contributed by atoms with E-state index in [1.165, 1.54) is 32.1 Å². The van der Waals surface area contributed by atoms with Gasteiger partial charge in [-0.3, -0.25) is 4.79 Å². The van der Waals surface area contributed by atoms with Crippen LogP contribution in [0, 0.1) is 5.92 Å². The first-order valence-electron chi connectivity index (χ1n) is 11.5. The molecule has 3 rings (SSSR count). The number of anilines is 1. The van der Waals surface area contributed by atoms with Gasteiger partial charge in [0.15, 0.2) is 0 Å². The van der Waals surface area contributed by atoms with Crippen LogP contribution in [0.5, 0.6) is 0 Å². The van der Waals surface area contributed by atoms with Crippen molar-refractivity contribution in [3.8, 4) is 0 Å². The Bertz CT molecular complexity index is 709. The van der Waals surface area contributed by atoms with Gasteiger partial charge in [0.05, 0.1) is 11.4 Å². The molecule has 1 aliphatic carbocycles. The van der Waals surface area contributed by atoms with Gasteiger partial charge in [-0.25, -0.2) is 4.98 Å². The zero-order valence-corrected chi connectivity index (χ0v) is 18.4. The molecule has 1 aromatic heterocycles. The lowest BCUT2D eigenvalue weighted by atomic mass is 9.94. The minimum absolute atomic E-state index is 0.265. The second-order valence-corrected chi connectivity index (χ2v) is 8.63. The monoisotopic (exact) mass is 398 g/mol. The highest BCUT2D eigenvalue weighted by molar-refractivity contribution is 5.76. The second kappa shape index (κ2) is 10.1. The summed E-state index contributed by atoms with van der Waals surface area (Å²) in [6, 6.07) is 0.426. The average Bonchev–Trinajstić information content (AvgIpc) is 3.11. The molecule has 0 bridgehead atoms. The maximum Gasteiger partial charge on any atom is 0.224 e. The molecule has 29 heavy (non-hydrogen) atoms. The van der Waals surface area contributed by atoms with E-state index in [1.807, 2.05) is 6.08 Å². The van der Waals surface area contributed by atoms with Crippen LogP contribution in [0.2, 0.25) is 0 Å². The zero-order valence-electron chi connectivity index (χ0n) is 18.4. The fraction of sp³-hybridized carbons (Fsp3) is 0.667. The highest BCUT2D eigenvalue weighted by Gasteiger charge is 2.26. The summed E-state index contributed by atoms with van der Waals surface area (Å²) in [5.74, 6) is 2.00. The van der Waals surface area contributed by atoms with Gasteiger partial charge in [0.2, 0.25) is 11.9 Å². The van der Waals surface area contributed by atoms with Crippen LogP contribution in [0.15, 0.2) is 13.2 Å². The van der Waals surface area contributed by atoms with E-state index >= 15 is 0 Å².